The summed E-state index contributed by atoms with van der Waals surface area (Å²) in [5.74, 6) is -3.42. The van der Waals surface area contributed by atoms with Crippen molar-refractivity contribution in [3.05, 3.63) is 35.9 Å². The second-order valence-corrected chi connectivity index (χ2v) is 12.8. The average molecular weight is 597 g/mol. The molecule has 0 spiro atoms. The van der Waals surface area contributed by atoms with E-state index in [-0.39, 0.29) is 18.4 Å². The van der Waals surface area contributed by atoms with Crippen LogP contribution in [0.1, 0.15) is 63.4 Å². The van der Waals surface area contributed by atoms with Gasteiger partial charge in [0.15, 0.2) is 6.17 Å². The van der Waals surface area contributed by atoms with Gasteiger partial charge < -0.3 is 9.47 Å². The maximum atomic E-state index is 15.4. The largest absolute Gasteiger partial charge is 0.378 e. The Bertz CT molecular complexity index is 937. The van der Waals surface area contributed by atoms with Crippen molar-refractivity contribution in [2.24, 2.45) is 29.6 Å². The van der Waals surface area contributed by atoms with Crippen molar-refractivity contribution in [3.8, 4) is 0 Å². The van der Waals surface area contributed by atoms with Gasteiger partial charge in [-0.2, -0.15) is 8.78 Å². The molecule has 41 heavy (non-hydrogen) atoms. The minimum Gasteiger partial charge on any atom is -0.378 e. The third kappa shape index (κ3) is 7.22. The summed E-state index contributed by atoms with van der Waals surface area (Å²) >= 11 is 0. The van der Waals surface area contributed by atoms with Gasteiger partial charge in [-0.3, -0.25) is 0 Å². The maximum Gasteiger partial charge on any atom is 0.364 e. The molecule has 10 heteroatoms. The van der Waals surface area contributed by atoms with E-state index in [2.05, 4.69) is 16.9 Å². The first kappa shape index (κ1) is 31.0. The van der Waals surface area contributed by atoms with Gasteiger partial charge in [-0.1, -0.05) is 30.3 Å². The van der Waals surface area contributed by atoms with Crippen molar-refractivity contribution in [1.82, 2.24) is 0 Å². The second kappa shape index (κ2) is 13.1. The fourth-order valence-electron chi connectivity index (χ4n) is 7.79. The molecule has 9 atom stereocenters. The van der Waals surface area contributed by atoms with Crippen molar-refractivity contribution < 1.29 is 44.6 Å². The minimum atomic E-state index is -4.33. The van der Waals surface area contributed by atoms with E-state index in [1.165, 1.54) is 5.56 Å². The quantitative estimate of drug-likeness (QED) is 0.295. The highest BCUT2D eigenvalue weighted by Gasteiger charge is 2.57. The Morgan fingerprint density at radius 1 is 0.707 bits per heavy atom. The zero-order valence-electron chi connectivity index (χ0n) is 23.0. The number of halogens is 8. The molecule has 2 nitrogen and oxygen atoms in total. The van der Waals surface area contributed by atoms with Crippen LogP contribution in [0.2, 0.25) is 0 Å². The molecule has 0 bridgehead atoms. The Hall–Kier alpha value is -1.42. The van der Waals surface area contributed by atoms with Gasteiger partial charge in [0.05, 0.1) is 18.8 Å². The Morgan fingerprint density at radius 2 is 1.34 bits per heavy atom. The van der Waals surface area contributed by atoms with E-state index in [9.17, 15) is 22.0 Å². The summed E-state index contributed by atoms with van der Waals surface area (Å²) in [4.78, 5) is 0. The van der Waals surface area contributed by atoms with Gasteiger partial charge in [0.25, 0.3) is 0 Å². The molecule has 1 aromatic rings. The number of ether oxygens (including phenoxy) is 2. The molecular formula is C31H40F8O2. The lowest BCUT2D eigenvalue weighted by Crippen LogP contribution is -2.52. The SMILES string of the molecule is FC1CC(OC(F)(F)C2C(F)CC(C3CCC(C4CCC(Cc5ccccc5)CO4)CC3F)CC2F)CC(F)C1F. The highest BCUT2D eigenvalue weighted by atomic mass is 19.3. The highest BCUT2D eigenvalue weighted by Crippen LogP contribution is 2.50. The van der Waals surface area contributed by atoms with E-state index < -0.39 is 92.7 Å². The molecule has 1 heterocycles. The second-order valence-electron chi connectivity index (χ2n) is 12.8. The van der Waals surface area contributed by atoms with Crippen LogP contribution < -0.4 is 0 Å². The summed E-state index contributed by atoms with van der Waals surface area (Å²) in [5.41, 5.74) is 1.26. The van der Waals surface area contributed by atoms with Gasteiger partial charge in [0.2, 0.25) is 0 Å². The van der Waals surface area contributed by atoms with Crippen molar-refractivity contribution in [2.45, 2.75) is 120 Å². The monoisotopic (exact) mass is 596 g/mol. The van der Waals surface area contributed by atoms with Crippen LogP contribution >= 0.6 is 0 Å². The molecule has 9 unspecified atom stereocenters. The van der Waals surface area contributed by atoms with Gasteiger partial charge in [-0.05, 0) is 80.6 Å². The molecule has 0 radical (unpaired) electrons. The van der Waals surface area contributed by atoms with Gasteiger partial charge in [-0.25, -0.2) is 26.3 Å². The number of rotatable bonds is 7. The number of hydrogen-bond acceptors (Lipinski definition) is 2. The lowest BCUT2D eigenvalue weighted by atomic mass is 9.66. The molecule has 5 rings (SSSR count). The van der Waals surface area contributed by atoms with Crippen LogP contribution in [0.4, 0.5) is 35.1 Å². The van der Waals surface area contributed by atoms with Crippen molar-refractivity contribution in [1.29, 1.82) is 0 Å². The van der Waals surface area contributed by atoms with Crippen LogP contribution in [0.15, 0.2) is 30.3 Å². The third-order valence-corrected chi connectivity index (χ3v) is 9.98. The van der Waals surface area contributed by atoms with Crippen LogP contribution in [0.25, 0.3) is 0 Å². The lowest BCUT2D eigenvalue weighted by Gasteiger charge is -2.45. The maximum absolute atomic E-state index is 15.4. The van der Waals surface area contributed by atoms with Crippen LogP contribution in [-0.4, -0.2) is 62.0 Å². The molecule has 3 aliphatic carbocycles. The van der Waals surface area contributed by atoms with E-state index in [0.29, 0.717) is 25.4 Å². The molecule has 0 N–H and O–H groups in total. The zero-order valence-corrected chi connectivity index (χ0v) is 23.0. The summed E-state index contributed by atoms with van der Waals surface area (Å²) in [5, 5.41) is 0. The van der Waals surface area contributed by atoms with Crippen LogP contribution in [0.5, 0.6) is 0 Å². The summed E-state index contributed by atoms with van der Waals surface area (Å²) in [7, 11) is 0. The summed E-state index contributed by atoms with van der Waals surface area (Å²) in [6.07, 6.45) is -17.6. The standard InChI is InChI=1S/C31H40F8O2/c32-23-11-19(28-9-6-18(16-40-28)10-17-4-2-1-3-5-17)7-8-22(23)20-12-24(33)29(25(34)13-20)31(38,39)41-21-14-26(35)30(37)27(36)15-21/h1-5,18-30H,6-16H2. The van der Waals surface area contributed by atoms with Crippen LogP contribution in [0.3, 0.4) is 0 Å². The van der Waals surface area contributed by atoms with E-state index in [1.54, 1.807) is 0 Å². The topological polar surface area (TPSA) is 18.5 Å². The smallest absolute Gasteiger partial charge is 0.364 e. The molecule has 1 aromatic carbocycles. The Labute approximate surface area is 236 Å². The summed E-state index contributed by atoms with van der Waals surface area (Å²) in [6.45, 7) is 0.608. The van der Waals surface area contributed by atoms with Crippen molar-refractivity contribution >= 4 is 0 Å². The molecule has 0 aromatic heterocycles. The first-order valence-electron chi connectivity index (χ1n) is 15.1. The number of hydrogen-bond donors (Lipinski definition) is 0. The van der Waals surface area contributed by atoms with Crippen molar-refractivity contribution in [2.75, 3.05) is 6.61 Å². The lowest BCUT2D eigenvalue weighted by molar-refractivity contribution is -0.323. The fraction of sp³-hybridized carbons (Fsp3) is 0.806. The molecule has 3 saturated carbocycles. The summed E-state index contributed by atoms with van der Waals surface area (Å²) < 4.78 is 127. The van der Waals surface area contributed by atoms with Gasteiger partial charge in [-0.15, -0.1) is 0 Å². The minimum absolute atomic E-state index is 0.00779. The molecule has 0 amide bonds. The molecule has 232 valence electrons. The van der Waals surface area contributed by atoms with Crippen LogP contribution in [0, 0.1) is 29.6 Å². The highest BCUT2D eigenvalue weighted by molar-refractivity contribution is 5.15. The number of benzene rings is 1. The molecule has 1 aliphatic heterocycles. The molecule has 4 aliphatic rings. The van der Waals surface area contributed by atoms with Crippen molar-refractivity contribution in [3.63, 3.8) is 0 Å². The third-order valence-electron chi connectivity index (χ3n) is 9.98. The normalized spacial score (nSPS) is 44.4. The predicted molar refractivity (Wildman–Crippen MR) is 138 cm³/mol. The Morgan fingerprint density at radius 3 is 1.93 bits per heavy atom. The Kier molecular flexibility index (Phi) is 9.88. The van der Waals surface area contributed by atoms with Crippen LogP contribution in [-0.2, 0) is 15.9 Å². The molecular weight excluding hydrogens is 556 g/mol. The first-order chi connectivity index (χ1) is 19.5. The van der Waals surface area contributed by atoms with E-state index in [0.717, 1.165) is 19.3 Å². The molecule has 4 fully saturated rings. The van der Waals surface area contributed by atoms with E-state index in [1.807, 2.05) is 18.2 Å². The van der Waals surface area contributed by atoms with Gasteiger partial charge >= 0.3 is 6.11 Å². The fourth-order valence-corrected chi connectivity index (χ4v) is 7.79. The van der Waals surface area contributed by atoms with Gasteiger partial charge in [0, 0.05) is 12.8 Å². The average Bonchev–Trinajstić information content (AvgIpc) is 2.92. The molecule has 1 saturated heterocycles. The number of alkyl halides is 8. The van der Waals surface area contributed by atoms with E-state index in [4.69, 9.17) is 4.74 Å². The van der Waals surface area contributed by atoms with Gasteiger partial charge in [0.1, 0.15) is 36.8 Å². The summed E-state index contributed by atoms with van der Waals surface area (Å²) in [6, 6.07) is 10.2. The Balaban J connectivity index is 1.10. The first-order valence-corrected chi connectivity index (χ1v) is 15.1. The van der Waals surface area contributed by atoms with E-state index >= 15 is 13.2 Å². The zero-order chi connectivity index (χ0) is 29.3. The predicted octanol–water partition coefficient (Wildman–Crippen LogP) is 8.27.